The second kappa shape index (κ2) is 6.77. The Morgan fingerprint density at radius 3 is 2.47 bits per heavy atom. The summed E-state index contributed by atoms with van der Waals surface area (Å²) in [6.45, 7) is 1.73. The van der Waals surface area contributed by atoms with Gasteiger partial charge < -0.3 is 9.64 Å². The van der Waals surface area contributed by atoms with Crippen LogP contribution in [0.1, 0.15) is 12.5 Å². The van der Waals surface area contributed by atoms with Crippen LogP contribution < -0.4 is 0 Å². The number of benzene rings is 1. The van der Waals surface area contributed by atoms with E-state index in [1.165, 1.54) is 11.9 Å². The lowest BCUT2D eigenvalue weighted by atomic mass is 10.2. The molecule has 0 saturated heterocycles. The van der Waals surface area contributed by atoms with Gasteiger partial charge in [-0.2, -0.15) is 0 Å². The fourth-order valence-electron chi connectivity index (χ4n) is 1.40. The molecule has 0 saturated carbocycles. The summed E-state index contributed by atoms with van der Waals surface area (Å²) in [7, 11) is 2.97. The number of halogens is 1. The van der Waals surface area contributed by atoms with Crippen molar-refractivity contribution in [1.82, 2.24) is 4.90 Å². The maximum atomic E-state index is 11.7. The Morgan fingerprint density at radius 1 is 1.37 bits per heavy atom. The van der Waals surface area contributed by atoms with Crippen molar-refractivity contribution in [1.29, 1.82) is 0 Å². The lowest BCUT2D eigenvalue weighted by Crippen LogP contribution is -2.38. The molecule has 0 radical (unpaired) electrons. The first kappa shape index (κ1) is 15.8. The van der Waals surface area contributed by atoms with Crippen LogP contribution in [-0.4, -0.2) is 38.3 Å². The molecule has 1 atom stereocenters. The van der Waals surface area contributed by atoms with E-state index in [0.717, 1.165) is 5.56 Å². The summed E-state index contributed by atoms with van der Waals surface area (Å²) in [5, 5.41) is 0. The number of carbonyl (C=O) groups excluding carboxylic acids is 1. The van der Waals surface area contributed by atoms with E-state index in [2.05, 4.69) is 0 Å². The van der Waals surface area contributed by atoms with Crippen molar-refractivity contribution in [2.45, 2.75) is 19.6 Å². The number of ether oxygens (including phenoxy) is 1. The second-order valence-electron chi connectivity index (χ2n) is 4.21. The molecule has 5 nitrogen and oxygen atoms in total. The van der Waals surface area contributed by atoms with Crippen LogP contribution in [0.3, 0.4) is 0 Å². The molecule has 1 aromatic carbocycles. The van der Waals surface area contributed by atoms with Crippen LogP contribution in [0.5, 0.6) is 0 Å². The number of nitrogens with zero attached hydrogens (tertiary/aromatic N) is 1. The molecular formula is C12H16ClNO4S. The van der Waals surface area contributed by atoms with Crippen molar-refractivity contribution in [2.75, 3.05) is 12.8 Å². The van der Waals surface area contributed by atoms with Crippen molar-refractivity contribution in [3.63, 3.8) is 0 Å². The minimum Gasteiger partial charge on any atom is -0.445 e. The molecule has 0 aliphatic rings. The van der Waals surface area contributed by atoms with Gasteiger partial charge in [0.1, 0.15) is 6.61 Å². The van der Waals surface area contributed by atoms with Crippen LogP contribution in [-0.2, 0) is 20.4 Å². The second-order valence-corrected chi connectivity index (χ2v) is 7.03. The van der Waals surface area contributed by atoms with Crippen LogP contribution >= 0.6 is 10.7 Å². The average Bonchev–Trinajstić information content (AvgIpc) is 2.34. The minimum atomic E-state index is -3.65. The lowest BCUT2D eigenvalue weighted by molar-refractivity contribution is 0.0964. The van der Waals surface area contributed by atoms with Gasteiger partial charge in [-0.3, -0.25) is 0 Å². The van der Waals surface area contributed by atoms with Gasteiger partial charge in [-0.1, -0.05) is 30.3 Å². The van der Waals surface area contributed by atoms with Gasteiger partial charge in [0, 0.05) is 23.8 Å². The fraction of sp³-hybridized carbons (Fsp3) is 0.417. The molecular weight excluding hydrogens is 290 g/mol. The molecule has 0 aliphatic carbocycles. The number of amides is 1. The highest BCUT2D eigenvalue weighted by molar-refractivity contribution is 8.13. The predicted octanol–water partition coefficient (Wildman–Crippen LogP) is 2.21. The van der Waals surface area contributed by atoms with Crippen LogP contribution in [0.15, 0.2) is 30.3 Å². The van der Waals surface area contributed by atoms with Gasteiger partial charge in [-0.05, 0) is 12.5 Å². The van der Waals surface area contributed by atoms with E-state index in [9.17, 15) is 13.2 Å². The van der Waals surface area contributed by atoms with Crippen LogP contribution in [0.4, 0.5) is 4.79 Å². The van der Waals surface area contributed by atoms with E-state index in [4.69, 9.17) is 15.4 Å². The maximum absolute atomic E-state index is 11.7. The molecule has 1 amide bonds. The summed E-state index contributed by atoms with van der Waals surface area (Å²) in [6.07, 6.45) is -0.586. The molecule has 0 fully saturated rings. The van der Waals surface area contributed by atoms with Crippen molar-refractivity contribution < 1.29 is 17.9 Å². The molecule has 0 spiro atoms. The van der Waals surface area contributed by atoms with E-state index in [0.29, 0.717) is 0 Å². The first-order valence-electron chi connectivity index (χ1n) is 5.65. The zero-order chi connectivity index (χ0) is 14.5. The van der Waals surface area contributed by atoms with Crippen LogP contribution in [0.25, 0.3) is 0 Å². The Labute approximate surface area is 117 Å². The van der Waals surface area contributed by atoms with Gasteiger partial charge in [0.2, 0.25) is 9.05 Å². The molecule has 0 aromatic heterocycles. The highest BCUT2D eigenvalue weighted by atomic mass is 35.7. The molecule has 0 N–H and O–H groups in total. The van der Waals surface area contributed by atoms with E-state index in [1.807, 2.05) is 30.3 Å². The molecule has 1 rings (SSSR count). The zero-order valence-electron chi connectivity index (χ0n) is 10.7. The van der Waals surface area contributed by atoms with E-state index < -0.39 is 21.2 Å². The molecule has 19 heavy (non-hydrogen) atoms. The van der Waals surface area contributed by atoms with E-state index in [-0.39, 0.29) is 12.4 Å². The third-order valence-corrected chi connectivity index (χ3v) is 3.85. The van der Waals surface area contributed by atoms with E-state index in [1.54, 1.807) is 6.92 Å². The minimum absolute atomic E-state index is 0.143. The molecule has 106 valence electrons. The van der Waals surface area contributed by atoms with Gasteiger partial charge in [-0.25, -0.2) is 13.2 Å². The Morgan fingerprint density at radius 2 is 1.95 bits per heavy atom. The monoisotopic (exact) mass is 305 g/mol. The normalized spacial score (nSPS) is 12.8. The van der Waals surface area contributed by atoms with Gasteiger partial charge in [0.05, 0.1) is 5.75 Å². The molecule has 1 aromatic rings. The number of hydrogen-bond acceptors (Lipinski definition) is 4. The smallest absolute Gasteiger partial charge is 0.410 e. The number of hydrogen-bond donors (Lipinski definition) is 0. The number of carbonyl (C=O) groups is 1. The fourth-order valence-corrected chi connectivity index (χ4v) is 2.75. The van der Waals surface area contributed by atoms with Gasteiger partial charge in [0.25, 0.3) is 0 Å². The summed E-state index contributed by atoms with van der Waals surface area (Å²) in [5.41, 5.74) is 0.863. The van der Waals surface area contributed by atoms with E-state index >= 15 is 0 Å². The Kier molecular flexibility index (Phi) is 5.62. The zero-order valence-corrected chi connectivity index (χ0v) is 12.3. The first-order valence-corrected chi connectivity index (χ1v) is 8.13. The molecule has 0 heterocycles. The number of rotatable bonds is 5. The topological polar surface area (TPSA) is 63.7 Å². The van der Waals surface area contributed by atoms with Crippen molar-refractivity contribution >= 4 is 25.8 Å². The van der Waals surface area contributed by atoms with Crippen LogP contribution in [0, 0.1) is 0 Å². The Balaban J connectivity index is 2.49. The summed E-state index contributed by atoms with van der Waals surface area (Å²) >= 11 is 0. The highest BCUT2D eigenvalue weighted by Crippen LogP contribution is 2.08. The van der Waals surface area contributed by atoms with Crippen molar-refractivity contribution in [3.8, 4) is 0 Å². The average molecular weight is 306 g/mol. The standard InChI is InChI=1S/C12H16ClNO4S/c1-10(9-19(13,16)17)14(2)12(15)18-8-11-6-4-3-5-7-11/h3-7,10H,8-9H2,1-2H3. The van der Waals surface area contributed by atoms with Gasteiger partial charge in [0.15, 0.2) is 0 Å². The largest absolute Gasteiger partial charge is 0.445 e. The van der Waals surface area contributed by atoms with Gasteiger partial charge >= 0.3 is 6.09 Å². The Hall–Kier alpha value is -1.27. The highest BCUT2D eigenvalue weighted by Gasteiger charge is 2.21. The lowest BCUT2D eigenvalue weighted by Gasteiger charge is -2.23. The predicted molar refractivity (Wildman–Crippen MR) is 73.5 cm³/mol. The SMILES string of the molecule is CC(CS(=O)(=O)Cl)N(C)C(=O)OCc1ccccc1. The summed E-state index contributed by atoms with van der Waals surface area (Å²) in [4.78, 5) is 12.9. The van der Waals surface area contributed by atoms with Crippen molar-refractivity contribution in [3.05, 3.63) is 35.9 Å². The maximum Gasteiger partial charge on any atom is 0.410 e. The Bertz CT molecular complexity index is 518. The molecule has 7 heteroatoms. The molecule has 0 bridgehead atoms. The quantitative estimate of drug-likeness (QED) is 0.782. The van der Waals surface area contributed by atoms with Gasteiger partial charge in [-0.15, -0.1) is 0 Å². The third kappa shape index (κ3) is 5.94. The molecule has 0 aliphatic heterocycles. The summed E-state index contributed by atoms with van der Waals surface area (Å²) < 4.78 is 26.9. The summed E-state index contributed by atoms with van der Waals surface area (Å²) in [5.74, 6) is -0.314. The van der Waals surface area contributed by atoms with Crippen molar-refractivity contribution in [2.24, 2.45) is 0 Å². The first-order chi connectivity index (χ1) is 8.79. The summed E-state index contributed by atoms with van der Waals surface area (Å²) in [6, 6.07) is 8.67. The molecule has 1 unspecified atom stereocenters. The third-order valence-electron chi connectivity index (χ3n) is 2.59. The van der Waals surface area contributed by atoms with Crippen LogP contribution in [0.2, 0.25) is 0 Å².